The number of hydrogen-bond acceptors (Lipinski definition) is 3. The molecule has 2 amide bonds. The summed E-state index contributed by atoms with van der Waals surface area (Å²) in [4.78, 5) is 27.8. The second-order valence-corrected chi connectivity index (χ2v) is 5.12. The van der Waals surface area contributed by atoms with E-state index < -0.39 is 0 Å². The second kappa shape index (κ2) is 6.89. The molecular weight excluding hydrogens is 266 g/mol. The number of hydrogen-bond donors (Lipinski definition) is 0. The molecule has 2 rings (SSSR count). The molecule has 5 nitrogen and oxygen atoms in total. The average Bonchev–Trinajstić information content (AvgIpc) is 2.54. The quantitative estimate of drug-likeness (QED) is 0.848. The van der Waals surface area contributed by atoms with Crippen molar-refractivity contribution < 1.29 is 9.59 Å². The van der Waals surface area contributed by atoms with Gasteiger partial charge in [0.05, 0.1) is 11.6 Å². The van der Waals surface area contributed by atoms with Crippen LogP contribution in [-0.2, 0) is 4.79 Å². The summed E-state index contributed by atoms with van der Waals surface area (Å²) < 4.78 is 0. The Morgan fingerprint density at radius 2 is 1.86 bits per heavy atom. The van der Waals surface area contributed by atoms with E-state index in [4.69, 9.17) is 5.26 Å². The van der Waals surface area contributed by atoms with E-state index in [0.29, 0.717) is 43.7 Å². The topological polar surface area (TPSA) is 64.4 Å². The molecule has 0 atom stereocenters. The highest BCUT2D eigenvalue weighted by molar-refractivity contribution is 5.94. The monoisotopic (exact) mass is 285 g/mol. The van der Waals surface area contributed by atoms with Crippen LogP contribution in [0.2, 0.25) is 0 Å². The predicted molar refractivity (Wildman–Crippen MR) is 78.5 cm³/mol. The van der Waals surface area contributed by atoms with Gasteiger partial charge in [0, 0.05) is 38.2 Å². The number of amides is 2. The molecule has 21 heavy (non-hydrogen) atoms. The Morgan fingerprint density at radius 3 is 2.48 bits per heavy atom. The summed E-state index contributed by atoms with van der Waals surface area (Å²) >= 11 is 0. The smallest absolute Gasteiger partial charge is 0.254 e. The molecule has 0 bridgehead atoms. The highest BCUT2D eigenvalue weighted by Gasteiger charge is 2.24. The molecule has 1 heterocycles. The van der Waals surface area contributed by atoms with E-state index in [2.05, 4.69) is 0 Å². The van der Waals surface area contributed by atoms with Crippen LogP contribution < -0.4 is 0 Å². The van der Waals surface area contributed by atoms with Gasteiger partial charge in [-0.05, 0) is 24.6 Å². The van der Waals surface area contributed by atoms with Crippen LogP contribution in [0.5, 0.6) is 0 Å². The minimum absolute atomic E-state index is 0.0744. The molecular formula is C16H19N3O2. The van der Waals surface area contributed by atoms with Gasteiger partial charge in [-0.1, -0.05) is 13.0 Å². The Balaban J connectivity index is 1.97. The maximum atomic E-state index is 12.4. The summed E-state index contributed by atoms with van der Waals surface area (Å²) in [6.07, 6.45) is 1.41. The zero-order chi connectivity index (χ0) is 15.2. The molecule has 5 heteroatoms. The lowest BCUT2D eigenvalue weighted by atomic mass is 10.1. The lowest BCUT2D eigenvalue weighted by Crippen LogP contribution is -2.50. The van der Waals surface area contributed by atoms with E-state index in [1.807, 2.05) is 17.9 Å². The Morgan fingerprint density at radius 1 is 1.19 bits per heavy atom. The number of piperazine rings is 1. The predicted octanol–water partition coefficient (Wildman–Crippen LogP) is 1.64. The van der Waals surface area contributed by atoms with E-state index in [1.165, 1.54) is 0 Å². The molecule has 1 aromatic rings. The molecule has 1 aliphatic rings. The zero-order valence-corrected chi connectivity index (χ0v) is 12.2. The Labute approximate surface area is 124 Å². The first-order chi connectivity index (χ1) is 10.2. The van der Waals surface area contributed by atoms with E-state index >= 15 is 0 Å². The average molecular weight is 285 g/mol. The van der Waals surface area contributed by atoms with Gasteiger partial charge >= 0.3 is 0 Å². The van der Waals surface area contributed by atoms with Crippen LogP contribution in [0.25, 0.3) is 0 Å². The molecule has 0 saturated carbocycles. The van der Waals surface area contributed by atoms with Crippen LogP contribution in [0.15, 0.2) is 24.3 Å². The summed E-state index contributed by atoms with van der Waals surface area (Å²) in [7, 11) is 0. The number of carbonyl (C=O) groups is 2. The zero-order valence-electron chi connectivity index (χ0n) is 12.2. The first-order valence-electron chi connectivity index (χ1n) is 7.23. The van der Waals surface area contributed by atoms with Gasteiger partial charge in [-0.2, -0.15) is 5.26 Å². The van der Waals surface area contributed by atoms with Gasteiger partial charge in [0.1, 0.15) is 0 Å². The molecule has 1 saturated heterocycles. The normalized spacial score (nSPS) is 14.7. The number of nitrogens with zero attached hydrogens (tertiary/aromatic N) is 3. The minimum Gasteiger partial charge on any atom is -0.339 e. The van der Waals surface area contributed by atoms with Crippen LogP contribution in [-0.4, -0.2) is 47.8 Å². The van der Waals surface area contributed by atoms with Crippen molar-refractivity contribution in [2.45, 2.75) is 19.8 Å². The van der Waals surface area contributed by atoms with Gasteiger partial charge in [0.25, 0.3) is 5.91 Å². The fraction of sp³-hybridized carbons (Fsp3) is 0.438. The highest BCUT2D eigenvalue weighted by Crippen LogP contribution is 2.11. The fourth-order valence-corrected chi connectivity index (χ4v) is 2.44. The second-order valence-electron chi connectivity index (χ2n) is 5.12. The van der Waals surface area contributed by atoms with Gasteiger partial charge in [-0.3, -0.25) is 9.59 Å². The van der Waals surface area contributed by atoms with Crippen LogP contribution >= 0.6 is 0 Å². The molecule has 110 valence electrons. The van der Waals surface area contributed by atoms with Crippen molar-refractivity contribution in [3.05, 3.63) is 35.4 Å². The lowest BCUT2D eigenvalue weighted by Gasteiger charge is -2.34. The van der Waals surface area contributed by atoms with Crippen molar-refractivity contribution in [3.8, 4) is 6.07 Å². The number of carbonyl (C=O) groups excluding carboxylic acids is 2. The Kier molecular flexibility index (Phi) is 4.94. The standard InChI is InChI=1S/C16H19N3O2/c1-2-4-15(20)18-7-9-19(10-8-18)16(21)14-6-3-5-13(11-14)12-17/h3,5-6,11H,2,4,7-10H2,1H3. The van der Waals surface area contributed by atoms with E-state index in [0.717, 1.165) is 6.42 Å². The molecule has 0 unspecified atom stereocenters. The summed E-state index contributed by atoms with van der Waals surface area (Å²) in [6.45, 7) is 4.25. The molecule has 0 aromatic heterocycles. The summed E-state index contributed by atoms with van der Waals surface area (Å²) in [5.41, 5.74) is 1.01. The summed E-state index contributed by atoms with van der Waals surface area (Å²) in [5.74, 6) is 0.0887. The van der Waals surface area contributed by atoms with Crippen LogP contribution in [0.4, 0.5) is 0 Å². The maximum Gasteiger partial charge on any atom is 0.254 e. The first-order valence-corrected chi connectivity index (χ1v) is 7.23. The van der Waals surface area contributed by atoms with Gasteiger partial charge in [-0.25, -0.2) is 0 Å². The SMILES string of the molecule is CCCC(=O)N1CCN(C(=O)c2cccc(C#N)c2)CC1. The third-order valence-corrected chi connectivity index (χ3v) is 3.62. The Bertz CT molecular complexity index is 569. The van der Waals surface area contributed by atoms with E-state index in [9.17, 15) is 9.59 Å². The number of nitriles is 1. The van der Waals surface area contributed by atoms with Crippen LogP contribution in [0, 0.1) is 11.3 Å². The van der Waals surface area contributed by atoms with Crippen molar-refractivity contribution in [2.75, 3.05) is 26.2 Å². The van der Waals surface area contributed by atoms with Gasteiger partial charge in [0.2, 0.25) is 5.91 Å². The first kappa shape index (κ1) is 15.0. The van der Waals surface area contributed by atoms with Gasteiger partial charge in [-0.15, -0.1) is 0 Å². The van der Waals surface area contributed by atoms with Crippen molar-refractivity contribution in [1.82, 2.24) is 9.80 Å². The van der Waals surface area contributed by atoms with Crippen LogP contribution in [0.1, 0.15) is 35.7 Å². The molecule has 1 fully saturated rings. The van der Waals surface area contributed by atoms with E-state index in [1.54, 1.807) is 29.2 Å². The molecule has 1 aromatic carbocycles. The molecule has 0 N–H and O–H groups in total. The van der Waals surface area contributed by atoms with Crippen molar-refractivity contribution in [2.24, 2.45) is 0 Å². The van der Waals surface area contributed by atoms with Crippen molar-refractivity contribution in [1.29, 1.82) is 5.26 Å². The van der Waals surface area contributed by atoms with E-state index in [-0.39, 0.29) is 11.8 Å². The third-order valence-electron chi connectivity index (χ3n) is 3.62. The van der Waals surface area contributed by atoms with Gasteiger partial charge < -0.3 is 9.80 Å². The largest absolute Gasteiger partial charge is 0.339 e. The summed E-state index contributed by atoms with van der Waals surface area (Å²) in [5, 5.41) is 8.88. The minimum atomic E-state index is -0.0744. The maximum absolute atomic E-state index is 12.4. The molecule has 0 spiro atoms. The number of benzene rings is 1. The lowest BCUT2D eigenvalue weighted by molar-refractivity contribution is -0.132. The fourth-order valence-electron chi connectivity index (χ4n) is 2.44. The molecule has 1 aliphatic heterocycles. The Hall–Kier alpha value is -2.35. The highest BCUT2D eigenvalue weighted by atomic mass is 16.2. The van der Waals surface area contributed by atoms with Crippen LogP contribution in [0.3, 0.4) is 0 Å². The number of rotatable bonds is 3. The van der Waals surface area contributed by atoms with Gasteiger partial charge in [0.15, 0.2) is 0 Å². The van der Waals surface area contributed by atoms with Crippen molar-refractivity contribution >= 4 is 11.8 Å². The van der Waals surface area contributed by atoms with Crippen molar-refractivity contribution in [3.63, 3.8) is 0 Å². The summed E-state index contributed by atoms with van der Waals surface area (Å²) in [6, 6.07) is 8.76. The molecule has 0 radical (unpaired) electrons. The third kappa shape index (κ3) is 3.60. The molecule has 0 aliphatic carbocycles.